The van der Waals surface area contributed by atoms with Crippen LogP contribution in [0.15, 0.2) is 30.3 Å². The monoisotopic (exact) mass is 271 g/mol. The van der Waals surface area contributed by atoms with Gasteiger partial charge in [-0.3, -0.25) is 0 Å². The van der Waals surface area contributed by atoms with Crippen molar-refractivity contribution in [1.82, 2.24) is 5.32 Å². The molecule has 0 spiro atoms. The highest BCUT2D eigenvalue weighted by Crippen LogP contribution is 2.38. The molecule has 108 valence electrons. The Labute approximate surface area is 122 Å². The minimum atomic E-state index is 0.582. The second-order valence-corrected chi connectivity index (χ2v) is 6.07. The van der Waals surface area contributed by atoms with Crippen molar-refractivity contribution in [3.05, 3.63) is 35.9 Å². The molecular weight excluding hydrogens is 246 g/mol. The molecule has 20 heavy (non-hydrogen) atoms. The van der Waals surface area contributed by atoms with Crippen molar-refractivity contribution in [2.24, 2.45) is 11.8 Å². The lowest BCUT2D eigenvalue weighted by Gasteiger charge is -2.13. The molecule has 2 heteroatoms. The van der Waals surface area contributed by atoms with Gasteiger partial charge in [-0.25, -0.2) is 0 Å². The van der Waals surface area contributed by atoms with E-state index in [1.54, 1.807) is 0 Å². The van der Waals surface area contributed by atoms with Crippen LogP contribution in [0.25, 0.3) is 6.08 Å². The van der Waals surface area contributed by atoms with E-state index in [0.29, 0.717) is 6.04 Å². The number of nitrogens with one attached hydrogen (secondary N) is 1. The second kappa shape index (κ2) is 6.45. The molecule has 1 saturated carbocycles. The Hall–Kier alpha value is -1.28. The van der Waals surface area contributed by atoms with Crippen LogP contribution in [0.5, 0.6) is 5.75 Å². The van der Waals surface area contributed by atoms with E-state index in [2.05, 4.69) is 48.7 Å². The quantitative estimate of drug-likeness (QED) is 0.877. The molecule has 0 aromatic heterocycles. The highest BCUT2D eigenvalue weighted by atomic mass is 16.5. The van der Waals surface area contributed by atoms with Crippen molar-refractivity contribution >= 4 is 6.08 Å². The van der Waals surface area contributed by atoms with Gasteiger partial charge in [0, 0.05) is 6.04 Å². The Morgan fingerprint density at radius 2 is 2.10 bits per heavy atom. The van der Waals surface area contributed by atoms with E-state index in [1.165, 1.54) is 31.4 Å². The number of benzene rings is 1. The Kier molecular flexibility index (Phi) is 4.41. The van der Waals surface area contributed by atoms with Crippen molar-refractivity contribution in [2.45, 2.75) is 38.6 Å². The van der Waals surface area contributed by atoms with Gasteiger partial charge in [0.2, 0.25) is 0 Å². The number of hydrogen-bond acceptors (Lipinski definition) is 2. The number of ether oxygens (including phenoxy) is 1. The van der Waals surface area contributed by atoms with Crippen molar-refractivity contribution in [3.8, 4) is 5.75 Å². The lowest BCUT2D eigenvalue weighted by atomic mass is 9.93. The molecule has 1 aliphatic heterocycles. The van der Waals surface area contributed by atoms with Gasteiger partial charge in [0.25, 0.3) is 0 Å². The van der Waals surface area contributed by atoms with Crippen LogP contribution in [0.2, 0.25) is 0 Å². The van der Waals surface area contributed by atoms with E-state index in [1.807, 2.05) is 0 Å². The molecule has 0 radical (unpaired) electrons. The molecule has 2 nitrogen and oxygen atoms in total. The standard InChI is InChI=1S/C18H25NO/c1-2-12-20-16-9-6-14(7-10-16)8-11-18-17-5-3-4-15(17)13-19-18/h6-11,15,17-19H,2-5,12-13H2,1H3/b11-8+. The van der Waals surface area contributed by atoms with Crippen LogP contribution >= 0.6 is 0 Å². The van der Waals surface area contributed by atoms with Gasteiger partial charge in [-0.05, 0) is 55.3 Å². The third-order valence-corrected chi connectivity index (χ3v) is 4.64. The fourth-order valence-electron chi connectivity index (χ4n) is 3.55. The summed E-state index contributed by atoms with van der Waals surface area (Å²) in [7, 11) is 0. The van der Waals surface area contributed by atoms with Gasteiger partial charge >= 0.3 is 0 Å². The molecular formula is C18H25NO. The molecule has 2 fully saturated rings. The highest BCUT2D eigenvalue weighted by Gasteiger charge is 2.37. The first kappa shape index (κ1) is 13.7. The third-order valence-electron chi connectivity index (χ3n) is 4.64. The van der Waals surface area contributed by atoms with Gasteiger partial charge < -0.3 is 10.1 Å². The van der Waals surface area contributed by atoms with Gasteiger partial charge in [0.15, 0.2) is 0 Å². The summed E-state index contributed by atoms with van der Waals surface area (Å²) >= 11 is 0. The predicted octanol–water partition coefficient (Wildman–Crippen LogP) is 3.88. The van der Waals surface area contributed by atoms with Crippen molar-refractivity contribution in [2.75, 3.05) is 13.2 Å². The van der Waals surface area contributed by atoms with Crippen molar-refractivity contribution < 1.29 is 4.74 Å². The Bertz CT molecular complexity index is 451. The molecule has 0 amide bonds. The second-order valence-electron chi connectivity index (χ2n) is 6.07. The topological polar surface area (TPSA) is 21.3 Å². The zero-order valence-electron chi connectivity index (χ0n) is 12.3. The highest BCUT2D eigenvalue weighted by molar-refractivity contribution is 5.51. The Morgan fingerprint density at radius 3 is 2.90 bits per heavy atom. The third kappa shape index (κ3) is 3.06. The largest absolute Gasteiger partial charge is 0.494 e. The molecule has 1 aliphatic carbocycles. The molecule has 1 heterocycles. The van der Waals surface area contributed by atoms with Gasteiger partial charge in [-0.2, -0.15) is 0 Å². The van der Waals surface area contributed by atoms with Gasteiger partial charge in [0.05, 0.1) is 6.61 Å². The van der Waals surface area contributed by atoms with E-state index in [-0.39, 0.29) is 0 Å². The van der Waals surface area contributed by atoms with E-state index in [9.17, 15) is 0 Å². The summed E-state index contributed by atoms with van der Waals surface area (Å²) in [5.74, 6) is 2.77. The van der Waals surface area contributed by atoms with Crippen molar-refractivity contribution in [1.29, 1.82) is 0 Å². The zero-order chi connectivity index (χ0) is 13.8. The fraction of sp³-hybridized carbons (Fsp3) is 0.556. The van der Waals surface area contributed by atoms with E-state index in [0.717, 1.165) is 30.6 Å². The minimum Gasteiger partial charge on any atom is -0.494 e. The summed E-state index contributed by atoms with van der Waals surface area (Å²) in [6.07, 6.45) is 9.91. The van der Waals surface area contributed by atoms with Crippen LogP contribution in [0, 0.1) is 11.8 Å². The summed E-state index contributed by atoms with van der Waals surface area (Å²) in [5.41, 5.74) is 1.26. The predicted molar refractivity (Wildman–Crippen MR) is 83.9 cm³/mol. The molecule has 0 bridgehead atoms. The van der Waals surface area contributed by atoms with Gasteiger partial charge in [-0.15, -0.1) is 0 Å². The first-order chi connectivity index (χ1) is 9.86. The van der Waals surface area contributed by atoms with E-state index >= 15 is 0 Å². The van der Waals surface area contributed by atoms with Crippen molar-refractivity contribution in [3.63, 3.8) is 0 Å². The Balaban J connectivity index is 1.58. The zero-order valence-corrected chi connectivity index (χ0v) is 12.3. The first-order valence-electron chi connectivity index (χ1n) is 8.01. The number of hydrogen-bond donors (Lipinski definition) is 1. The van der Waals surface area contributed by atoms with Gasteiger partial charge in [-0.1, -0.05) is 37.6 Å². The molecule has 1 aromatic rings. The summed E-state index contributed by atoms with van der Waals surface area (Å²) in [6.45, 7) is 4.13. The fourth-order valence-corrected chi connectivity index (χ4v) is 3.55. The lowest BCUT2D eigenvalue weighted by Crippen LogP contribution is -2.23. The van der Waals surface area contributed by atoms with Crippen LogP contribution in [0.1, 0.15) is 38.2 Å². The average molecular weight is 271 g/mol. The maximum absolute atomic E-state index is 5.61. The molecule has 3 unspecified atom stereocenters. The lowest BCUT2D eigenvalue weighted by molar-refractivity contribution is 0.317. The minimum absolute atomic E-state index is 0.582. The summed E-state index contributed by atoms with van der Waals surface area (Å²) in [4.78, 5) is 0. The van der Waals surface area contributed by atoms with E-state index < -0.39 is 0 Å². The summed E-state index contributed by atoms with van der Waals surface area (Å²) in [5, 5.41) is 3.66. The maximum Gasteiger partial charge on any atom is 0.119 e. The van der Waals surface area contributed by atoms with Crippen LogP contribution in [-0.2, 0) is 0 Å². The molecule has 1 aromatic carbocycles. The molecule has 1 saturated heterocycles. The van der Waals surface area contributed by atoms with Crippen LogP contribution < -0.4 is 10.1 Å². The molecule has 3 atom stereocenters. The number of rotatable bonds is 5. The normalized spacial score (nSPS) is 28.9. The van der Waals surface area contributed by atoms with Crippen LogP contribution in [0.3, 0.4) is 0 Å². The smallest absolute Gasteiger partial charge is 0.119 e. The van der Waals surface area contributed by atoms with E-state index in [4.69, 9.17) is 4.74 Å². The summed E-state index contributed by atoms with van der Waals surface area (Å²) in [6, 6.07) is 9.00. The van der Waals surface area contributed by atoms with Gasteiger partial charge in [0.1, 0.15) is 5.75 Å². The average Bonchev–Trinajstić information content (AvgIpc) is 3.08. The van der Waals surface area contributed by atoms with Crippen LogP contribution in [0.4, 0.5) is 0 Å². The first-order valence-corrected chi connectivity index (χ1v) is 8.01. The number of fused-ring (bicyclic) bond motifs is 1. The molecule has 3 rings (SSSR count). The SMILES string of the molecule is CCCOc1ccc(/C=C/C2NCC3CCCC32)cc1. The van der Waals surface area contributed by atoms with Crippen LogP contribution in [-0.4, -0.2) is 19.2 Å². The summed E-state index contributed by atoms with van der Waals surface area (Å²) < 4.78 is 5.61. The molecule has 1 N–H and O–H groups in total. The Morgan fingerprint density at radius 1 is 1.25 bits per heavy atom. The maximum atomic E-state index is 5.61. The molecule has 2 aliphatic rings.